The van der Waals surface area contributed by atoms with E-state index < -0.39 is 6.10 Å². The van der Waals surface area contributed by atoms with Crippen molar-refractivity contribution in [3.63, 3.8) is 0 Å². The number of carbonyl (C=O) groups is 1. The van der Waals surface area contributed by atoms with E-state index in [1.54, 1.807) is 0 Å². The molecule has 0 heterocycles. The molecule has 0 aromatic carbocycles. The number of hydrogen-bond donors (Lipinski definition) is 1. The lowest BCUT2D eigenvalue weighted by atomic mass is 9.88. The van der Waals surface area contributed by atoms with Crippen LogP contribution in [0.15, 0.2) is 0 Å². The molecule has 2 atom stereocenters. The van der Waals surface area contributed by atoms with Gasteiger partial charge in [-0.3, -0.25) is 4.79 Å². The van der Waals surface area contributed by atoms with E-state index in [1.165, 1.54) is 0 Å². The van der Waals surface area contributed by atoms with Crippen molar-refractivity contribution in [2.75, 3.05) is 0 Å². The van der Waals surface area contributed by atoms with Gasteiger partial charge in [0.25, 0.3) is 0 Å². The van der Waals surface area contributed by atoms with Crippen molar-refractivity contribution >= 4 is 5.78 Å². The Bertz CT molecular complexity index is 150. The van der Waals surface area contributed by atoms with Crippen LogP contribution >= 0.6 is 0 Å². The molecule has 0 aromatic heterocycles. The molecule has 0 aliphatic heterocycles. The average Bonchev–Trinajstić information content (AvgIpc) is 2.17. The fourth-order valence-corrected chi connectivity index (χ4v) is 1.46. The Balaban J connectivity index is 4.22. The van der Waals surface area contributed by atoms with Gasteiger partial charge < -0.3 is 5.11 Å². The lowest BCUT2D eigenvalue weighted by molar-refractivity contribution is -0.133. The Morgan fingerprint density at radius 2 is 1.62 bits per heavy atom. The maximum absolute atomic E-state index is 11.6. The molecule has 0 saturated carbocycles. The summed E-state index contributed by atoms with van der Waals surface area (Å²) >= 11 is 0. The molecule has 0 fully saturated rings. The number of Topliss-reactive ketones (excluding diaryl/α,β-unsaturated/α-hetero) is 1. The van der Waals surface area contributed by atoms with E-state index in [0.717, 1.165) is 19.3 Å². The molecular formula is C11H22O2. The van der Waals surface area contributed by atoms with Gasteiger partial charge in [-0.1, -0.05) is 40.5 Å². The molecule has 0 bridgehead atoms. The molecule has 0 aliphatic carbocycles. The van der Waals surface area contributed by atoms with Crippen molar-refractivity contribution in [3.05, 3.63) is 0 Å². The highest BCUT2D eigenvalue weighted by Crippen LogP contribution is 2.17. The second kappa shape index (κ2) is 6.14. The van der Waals surface area contributed by atoms with Gasteiger partial charge in [-0.2, -0.15) is 0 Å². The summed E-state index contributed by atoms with van der Waals surface area (Å²) < 4.78 is 0. The third-order valence-corrected chi connectivity index (χ3v) is 2.88. The highest BCUT2D eigenvalue weighted by atomic mass is 16.3. The minimum absolute atomic E-state index is 0.00407. The molecule has 2 nitrogen and oxygen atoms in total. The van der Waals surface area contributed by atoms with E-state index in [1.807, 2.05) is 27.7 Å². The van der Waals surface area contributed by atoms with Crippen LogP contribution in [-0.4, -0.2) is 17.0 Å². The molecule has 0 aromatic rings. The van der Waals surface area contributed by atoms with Crippen molar-refractivity contribution in [2.45, 2.75) is 53.1 Å². The summed E-state index contributed by atoms with van der Waals surface area (Å²) in [5, 5.41) is 9.73. The van der Waals surface area contributed by atoms with Gasteiger partial charge in [0.1, 0.15) is 6.10 Å². The molecule has 13 heavy (non-hydrogen) atoms. The van der Waals surface area contributed by atoms with Crippen molar-refractivity contribution in [3.8, 4) is 0 Å². The lowest BCUT2D eigenvalue weighted by Crippen LogP contribution is -2.32. The minimum atomic E-state index is -0.745. The number of carbonyl (C=O) groups excluding carboxylic acids is 1. The topological polar surface area (TPSA) is 37.3 Å². The normalized spacial score (nSPS) is 15.8. The molecule has 2 unspecified atom stereocenters. The predicted octanol–water partition coefficient (Wildman–Crippen LogP) is 2.40. The molecule has 0 amide bonds. The Morgan fingerprint density at radius 1 is 1.15 bits per heavy atom. The van der Waals surface area contributed by atoms with Crippen LogP contribution in [0.1, 0.15) is 47.0 Å². The van der Waals surface area contributed by atoms with Gasteiger partial charge in [-0.25, -0.2) is 0 Å². The van der Waals surface area contributed by atoms with Crippen LogP contribution in [0.3, 0.4) is 0 Å². The lowest BCUT2D eigenvalue weighted by Gasteiger charge is -2.21. The zero-order chi connectivity index (χ0) is 10.4. The fraction of sp³-hybridized carbons (Fsp3) is 0.909. The molecule has 78 valence electrons. The summed E-state index contributed by atoms with van der Waals surface area (Å²) in [6, 6.07) is 0. The molecule has 1 N–H and O–H groups in total. The van der Waals surface area contributed by atoms with E-state index in [-0.39, 0.29) is 17.6 Å². The molecule has 0 radical (unpaired) electrons. The standard InChI is InChI=1S/C11H22O2/c1-5-8(4)10(12)11(13)9(6-2)7-3/h8-9,11,13H,5-7H2,1-4H3. The van der Waals surface area contributed by atoms with E-state index in [0.29, 0.717) is 0 Å². The van der Waals surface area contributed by atoms with Crippen LogP contribution in [0.25, 0.3) is 0 Å². The Morgan fingerprint density at radius 3 is 1.92 bits per heavy atom. The summed E-state index contributed by atoms with van der Waals surface area (Å²) in [6.45, 7) is 7.89. The third kappa shape index (κ3) is 3.47. The van der Waals surface area contributed by atoms with Crippen LogP contribution in [0.2, 0.25) is 0 Å². The van der Waals surface area contributed by atoms with Gasteiger partial charge in [0.15, 0.2) is 5.78 Å². The monoisotopic (exact) mass is 186 g/mol. The quantitative estimate of drug-likeness (QED) is 0.691. The van der Waals surface area contributed by atoms with Crippen LogP contribution in [0.4, 0.5) is 0 Å². The van der Waals surface area contributed by atoms with Gasteiger partial charge in [0.2, 0.25) is 0 Å². The zero-order valence-electron chi connectivity index (χ0n) is 9.21. The molecule has 0 spiro atoms. The summed E-state index contributed by atoms with van der Waals surface area (Å²) in [6.07, 6.45) is 1.82. The van der Waals surface area contributed by atoms with E-state index >= 15 is 0 Å². The fourth-order valence-electron chi connectivity index (χ4n) is 1.46. The van der Waals surface area contributed by atoms with Crippen molar-refractivity contribution in [1.82, 2.24) is 0 Å². The smallest absolute Gasteiger partial charge is 0.164 e. The highest BCUT2D eigenvalue weighted by molar-refractivity contribution is 5.85. The molecule has 2 heteroatoms. The summed E-state index contributed by atoms with van der Waals surface area (Å²) in [4.78, 5) is 11.6. The SMILES string of the molecule is CCC(C)C(=O)C(O)C(CC)CC. The number of ketones is 1. The Kier molecular flexibility index (Phi) is 5.97. The maximum atomic E-state index is 11.6. The highest BCUT2D eigenvalue weighted by Gasteiger charge is 2.26. The first-order valence-electron chi connectivity index (χ1n) is 5.30. The molecule has 0 aliphatic rings. The average molecular weight is 186 g/mol. The van der Waals surface area contributed by atoms with Crippen molar-refractivity contribution in [1.29, 1.82) is 0 Å². The second-order valence-corrected chi connectivity index (χ2v) is 3.73. The first kappa shape index (κ1) is 12.6. The number of rotatable bonds is 6. The Hall–Kier alpha value is -0.370. The summed E-state index contributed by atoms with van der Waals surface area (Å²) in [5.41, 5.74) is 0. The first-order chi connectivity index (χ1) is 6.08. The summed E-state index contributed by atoms with van der Waals surface area (Å²) in [7, 11) is 0. The number of hydrogen-bond acceptors (Lipinski definition) is 2. The molecule has 0 saturated heterocycles. The van der Waals surface area contributed by atoms with Gasteiger partial charge in [-0.15, -0.1) is 0 Å². The van der Waals surface area contributed by atoms with Gasteiger partial charge in [0, 0.05) is 5.92 Å². The minimum Gasteiger partial charge on any atom is -0.385 e. The van der Waals surface area contributed by atoms with Gasteiger partial charge in [-0.05, 0) is 12.3 Å². The number of aliphatic hydroxyl groups excluding tert-OH is 1. The van der Waals surface area contributed by atoms with Gasteiger partial charge in [0.05, 0.1) is 0 Å². The van der Waals surface area contributed by atoms with Crippen molar-refractivity contribution in [2.24, 2.45) is 11.8 Å². The second-order valence-electron chi connectivity index (χ2n) is 3.73. The van der Waals surface area contributed by atoms with Crippen LogP contribution in [-0.2, 0) is 4.79 Å². The van der Waals surface area contributed by atoms with E-state index in [9.17, 15) is 9.90 Å². The van der Waals surface area contributed by atoms with Crippen LogP contribution in [0.5, 0.6) is 0 Å². The van der Waals surface area contributed by atoms with E-state index in [2.05, 4.69) is 0 Å². The third-order valence-electron chi connectivity index (χ3n) is 2.88. The Labute approximate surface area is 81.3 Å². The van der Waals surface area contributed by atoms with E-state index in [4.69, 9.17) is 0 Å². The first-order valence-corrected chi connectivity index (χ1v) is 5.30. The maximum Gasteiger partial charge on any atom is 0.164 e. The van der Waals surface area contributed by atoms with Crippen LogP contribution in [0, 0.1) is 11.8 Å². The van der Waals surface area contributed by atoms with Crippen molar-refractivity contribution < 1.29 is 9.90 Å². The zero-order valence-corrected chi connectivity index (χ0v) is 9.21. The molecular weight excluding hydrogens is 164 g/mol. The molecule has 0 rings (SSSR count). The largest absolute Gasteiger partial charge is 0.385 e. The summed E-state index contributed by atoms with van der Waals surface area (Å²) in [5.74, 6) is 0.147. The number of aliphatic hydroxyl groups is 1. The predicted molar refractivity (Wildman–Crippen MR) is 54.5 cm³/mol. The van der Waals surface area contributed by atoms with Crippen LogP contribution < -0.4 is 0 Å². The van der Waals surface area contributed by atoms with Gasteiger partial charge >= 0.3 is 0 Å².